The van der Waals surface area contributed by atoms with Gasteiger partial charge >= 0.3 is 13.7 Å². The Morgan fingerprint density at radius 1 is 1.50 bits per heavy atom. The van der Waals surface area contributed by atoms with Crippen LogP contribution in [0.4, 0.5) is 4.79 Å². The zero-order valence-electron chi connectivity index (χ0n) is 3.48. The summed E-state index contributed by atoms with van der Waals surface area (Å²) in [5, 5.41) is 7.18. The average molecular weight is 161 g/mol. The Morgan fingerprint density at radius 3 is 1.50 bits per heavy atom. The summed E-state index contributed by atoms with van der Waals surface area (Å²) in [6.45, 7) is 0. The highest BCUT2D eigenvalue weighted by Crippen LogP contribution is 1.98. The number of carboxylic acid groups (broad SMARTS) is 1. The summed E-state index contributed by atoms with van der Waals surface area (Å²) >= 11 is 4.19. The average Bonchev–Trinajstić information content (AvgIpc) is 1.25. The first kappa shape index (κ1) is 10.7. The molecule has 3 N–H and O–H groups in total. The molecule has 0 atom stereocenters. The summed E-state index contributed by atoms with van der Waals surface area (Å²) in [6.07, 6.45) is 0. The Hall–Kier alpha value is -0.220. The third kappa shape index (κ3) is 2730. The van der Waals surface area contributed by atoms with Gasteiger partial charge in [0.15, 0.2) is 0 Å². The maximum absolute atomic E-state index is 8.77. The second-order valence-corrected chi connectivity index (χ2v) is 1.33. The smallest absolute Gasteiger partial charge is 0.469 e. The molecule has 48 valence electrons. The van der Waals surface area contributed by atoms with E-state index in [1.807, 2.05) is 0 Å². The number of hydrogen-bond acceptors (Lipinski definition) is 2. The van der Waals surface area contributed by atoms with Gasteiger partial charge in [-0.25, -0.2) is 4.79 Å². The number of hydrogen-bond donors (Lipinski definition) is 3. The highest BCUT2D eigenvalue weighted by molar-refractivity contribution is 7.30. The van der Waals surface area contributed by atoms with Crippen molar-refractivity contribution in [1.29, 1.82) is 0 Å². The van der Waals surface area contributed by atoms with E-state index in [1.54, 1.807) is 0 Å². The van der Waals surface area contributed by atoms with Gasteiger partial charge in [0.1, 0.15) is 0 Å². The van der Waals surface area contributed by atoms with E-state index in [9.17, 15) is 0 Å². The summed E-state index contributed by atoms with van der Waals surface area (Å²) in [6, 6.07) is 0. The summed E-state index contributed by atoms with van der Waals surface area (Å²) < 4.78 is 8.70. The summed E-state index contributed by atoms with van der Waals surface area (Å²) in [4.78, 5) is 23.0. The van der Waals surface area contributed by atoms with Gasteiger partial charge in [-0.1, -0.05) is 0 Å². The molecule has 0 spiro atoms. The lowest BCUT2D eigenvalue weighted by Gasteiger charge is -1.55. The van der Waals surface area contributed by atoms with Crippen molar-refractivity contribution in [1.82, 2.24) is 0 Å². The van der Waals surface area contributed by atoms with Crippen molar-refractivity contribution < 1.29 is 24.3 Å². The van der Waals surface area contributed by atoms with Crippen LogP contribution in [-0.2, 0) is 4.57 Å². The maximum atomic E-state index is 8.77. The molecule has 0 aromatic rings. The van der Waals surface area contributed by atoms with Crippen LogP contribution in [0.15, 0.2) is 0 Å². The lowest BCUT2D eigenvalue weighted by atomic mass is 11.6. The van der Waals surface area contributed by atoms with Gasteiger partial charge < -0.3 is 5.11 Å². The first-order valence-corrected chi connectivity index (χ1v) is 2.74. The van der Waals surface area contributed by atoms with Crippen LogP contribution in [0.25, 0.3) is 0 Å². The molecule has 0 bridgehead atoms. The number of carbonyl (C=O) groups is 1. The van der Waals surface area contributed by atoms with Gasteiger partial charge in [0, 0.05) is 16.2 Å². The van der Waals surface area contributed by atoms with E-state index in [0.717, 1.165) is 0 Å². The van der Waals surface area contributed by atoms with Crippen molar-refractivity contribution in [3.05, 3.63) is 0 Å². The van der Waals surface area contributed by atoms with E-state index in [1.165, 1.54) is 0 Å². The van der Waals surface area contributed by atoms with Crippen molar-refractivity contribution >= 4 is 25.3 Å². The molecule has 0 aliphatic rings. The molecular weight excluding hydrogens is 158 g/mol. The summed E-state index contributed by atoms with van der Waals surface area (Å²) in [7, 11) is -2.87. The Kier molecular flexibility index (Phi) is 9.07. The van der Waals surface area contributed by atoms with Gasteiger partial charge in [0.05, 0.1) is 0 Å². The van der Waals surface area contributed by atoms with E-state index in [0.29, 0.717) is 0 Å². The molecule has 0 aromatic heterocycles. The quantitative estimate of drug-likeness (QED) is 0.356. The zero-order chi connectivity index (χ0) is 7.15. The Morgan fingerprint density at radius 2 is 1.50 bits per heavy atom. The molecule has 0 unspecified atom stereocenters. The fraction of sp³-hybridized carbons (Fsp3) is 0. The molecule has 0 rings (SSSR count). The minimum absolute atomic E-state index is 1.36. The van der Waals surface area contributed by atoms with E-state index in [2.05, 4.69) is 11.6 Å². The molecule has 0 saturated heterocycles. The predicted octanol–water partition coefficient (Wildman–Crippen LogP) is 0.532. The predicted molar refractivity (Wildman–Crippen MR) is 25.9 cm³/mol. The molecule has 5 nitrogen and oxygen atoms in total. The van der Waals surface area contributed by atoms with Crippen molar-refractivity contribution in [2.75, 3.05) is 0 Å². The van der Waals surface area contributed by atoms with Crippen LogP contribution < -0.4 is 0 Å². The second-order valence-electron chi connectivity index (χ2n) is 0.506. The summed E-state index contributed by atoms with van der Waals surface area (Å²) in [5.41, 5.74) is -1.36. The van der Waals surface area contributed by atoms with Crippen molar-refractivity contribution in [3.63, 3.8) is 0 Å². The van der Waals surface area contributed by atoms with Crippen molar-refractivity contribution in [2.45, 2.75) is 0 Å². The normalized spacial score (nSPS) is 6.38. The molecule has 0 radical (unpaired) electrons. The standard InChI is InChI=1S/CHClO2.HO3P/c2-1(3)4;1-4(2)3/h(H,3,4);(H-,1,2,3)/p+1. The molecule has 0 fully saturated rings. The minimum Gasteiger partial charge on any atom is -0.469 e. The molecular formula is CH3ClO5P+. The Balaban J connectivity index is 0. The van der Waals surface area contributed by atoms with Crippen LogP contribution in [0.3, 0.4) is 0 Å². The molecule has 0 heterocycles. The first-order valence-electron chi connectivity index (χ1n) is 1.20. The molecule has 7 heteroatoms. The number of rotatable bonds is 0. The SMILES string of the molecule is O=C(O)Cl.O=[P+](O)O. The highest BCUT2D eigenvalue weighted by atomic mass is 35.5. The van der Waals surface area contributed by atoms with Gasteiger partial charge in [-0.2, -0.15) is 0 Å². The second kappa shape index (κ2) is 6.78. The minimum atomic E-state index is -2.87. The fourth-order valence-corrected chi connectivity index (χ4v) is 0. The molecule has 0 amide bonds. The van der Waals surface area contributed by atoms with Gasteiger partial charge in [0.25, 0.3) is 0 Å². The molecule has 0 aliphatic carbocycles. The zero-order valence-corrected chi connectivity index (χ0v) is 5.13. The topological polar surface area (TPSA) is 94.8 Å². The molecule has 0 saturated carbocycles. The summed E-state index contributed by atoms with van der Waals surface area (Å²) in [5.74, 6) is 0. The highest BCUT2D eigenvalue weighted by Gasteiger charge is 1.93. The van der Waals surface area contributed by atoms with E-state index in [4.69, 9.17) is 24.3 Å². The lowest BCUT2D eigenvalue weighted by Crippen LogP contribution is -1.66. The first-order chi connectivity index (χ1) is 3.46. The van der Waals surface area contributed by atoms with E-state index in [-0.39, 0.29) is 0 Å². The fourth-order valence-electron chi connectivity index (χ4n) is 0. The van der Waals surface area contributed by atoms with Gasteiger partial charge in [-0.3, -0.25) is 0 Å². The molecule has 0 aliphatic heterocycles. The third-order valence-corrected chi connectivity index (χ3v) is 0. The lowest BCUT2D eigenvalue weighted by molar-refractivity contribution is 0.220. The van der Waals surface area contributed by atoms with Crippen molar-refractivity contribution in [3.8, 4) is 0 Å². The monoisotopic (exact) mass is 161 g/mol. The van der Waals surface area contributed by atoms with Crippen LogP contribution in [0, 0.1) is 0 Å². The van der Waals surface area contributed by atoms with Gasteiger partial charge in [0.2, 0.25) is 0 Å². The van der Waals surface area contributed by atoms with Gasteiger partial charge in [-0.15, -0.1) is 9.79 Å². The third-order valence-electron chi connectivity index (χ3n) is 0. The van der Waals surface area contributed by atoms with Gasteiger partial charge in [-0.05, 0) is 0 Å². The van der Waals surface area contributed by atoms with Crippen LogP contribution in [0.5, 0.6) is 0 Å². The molecule has 8 heavy (non-hydrogen) atoms. The van der Waals surface area contributed by atoms with E-state index >= 15 is 0 Å². The van der Waals surface area contributed by atoms with Crippen LogP contribution in [0.1, 0.15) is 0 Å². The maximum Gasteiger partial charge on any atom is 0.692 e. The largest absolute Gasteiger partial charge is 0.692 e. The Bertz CT molecular complexity index is 70.4. The van der Waals surface area contributed by atoms with Crippen molar-refractivity contribution in [2.24, 2.45) is 0 Å². The van der Waals surface area contributed by atoms with Crippen LogP contribution >= 0.6 is 19.9 Å². The van der Waals surface area contributed by atoms with Crippen LogP contribution in [-0.4, -0.2) is 20.3 Å². The number of halogens is 1. The van der Waals surface area contributed by atoms with E-state index < -0.39 is 13.7 Å². The molecule has 0 aromatic carbocycles. The van der Waals surface area contributed by atoms with Crippen LogP contribution in [0.2, 0.25) is 0 Å². The Labute approximate surface area is 50.5 Å².